The standard InChI is InChI=1S/C19H11ClFN3O3S.BrH/c20-15-9-13(24(25)26)5-6-14(15)17-7-8-18(27-17)16-10-28-19(23-16)22-12-3-1-11(21)2-4-12;/h1-10H,(H,22,23);1H. The third kappa shape index (κ3) is 4.70. The molecule has 148 valence electrons. The molecule has 2 aromatic carbocycles. The van der Waals surface area contributed by atoms with Crippen LogP contribution in [0.25, 0.3) is 22.8 Å². The zero-order chi connectivity index (χ0) is 19.7. The second kappa shape index (κ2) is 8.83. The summed E-state index contributed by atoms with van der Waals surface area (Å²) in [6.07, 6.45) is 0. The summed E-state index contributed by atoms with van der Waals surface area (Å²) >= 11 is 7.59. The van der Waals surface area contributed by atoms with Gasteiger partial charge in [0.1, 0.15) is 23.0 Å². The van der Waals surface area contributed by atoms with Gasteiger partial charge in [-0.2, -0.15) is 4.98 Å². The number of furan rings is 1. The second-order valence-corrected chi connectivity index (χ2v) is 7.15. The molecule has 0 saturated heterocycles. The van der Waals surface area contributed by atoms with E-state index in [9.17, 15) is 14.5 Å². The van der Waals surface area contributed by atoms with Gasteiger partial charge in [0.25, 0.3) is 10.8 Å². The Balaban J connectivity index is 0.00000240. The zero-order valence-electron chi connectivity index (χ0n) is 14.5. The first-order valence-corrected chi connectivity index (χ1v) is 9.36. The fourth-order valence-corrected chi connectivity index (χ4v) is 3.63. The van der Waals surface area contributed by atoms with E-state index in [0.29, 0.717) is 22.8 Å². The average Bonchev–Trinajstić information content (AvgIpc) is 3.33. The van der Waals surface area contributed by atoms with Crippen molar-refractivity contribution >= 4 is 39.4 Å². The zero-order valence-corrected chi connectivity index (χ0v) is 17.7. The SMILES string of the molecule is O=[N+]([O-])c1ccc(-c2ccc(-c3csc([NH2+]c4ccc(F)cc4)n3)o2)c(Cl)c1.[Br-]. The summed E-state index contributed by atoms with van der Waals surface area (Å²) in [7, 11) is 0. The van der Waals surface area contributed by atoms with E-state index in [-0.39, 0.29) is 33.5 Å². The molecule has 0 aliphatic carbocycles. The number of nitrogens with zero attached hydrogens (tertiary/aromatic N) is 2. The fourth-order valence-electron chi connectivity index (χ4n) is 2.61. The Labute approximate surface area is 183 Å². The predicted octanol–water partition coefficient (Wildman–Crippen LogP) is 2.30. The Morgan fingerprint density at radius 3 is 2.52 bits per heavy atom. The van der Waals surface area contributed by atoms with Gasteiger partial charge >= 0.3 is 0 Å². The fraction of sp³-hybridized carbons (Fsp3) is 0. The molecule has 0 atom stereocenters. The lowest BCUT2D eigenvalue weighted by molar-refractivity contribution is -0.478. The van der Waals surface area contributed by atoms with Crippen LogP contribution in [0.3, 0.4) is 0 Å². The monoisotopic (exact) mass is 495 g/mol. The molecule has 0 fully saturated rings. The lowest BCUT2D eigenvalue weighted by Crippen LogP contribution is -3.00. The van der Waals surface area contributed by atoms with E-state index >= 15 is 0 Å². The molecule has 6 nitrogen and oxygen atoms in total. The van der Waals surface area contributed by atoms with Crippen LogP contribution in [0.1, 0.15) is 0 Å². The number of nitro groups is 1. The molecule has 0 amide bonds. The molecule has 0 aliphatic heterocycles. The van der Waals surface area contributed by atoms with Crippen LogP contribution in [0.5, 0.6) is 0 Å². The highest BCUT2D eigenvalue weighted by molar-refractivity contribution is 7.13. The van der Waals surface area contributed by atoms with Crippen molar-refractivity contribution in [3.05, 3.63) is 80.9 Å². The van der Waals surface area contributed by atoms with E-state index in [4.69, 9.17) is 16.0 Å². The van der Waals surface area contributed by atoms with Crippen molar-refractivity contribution in [1.82, 2.24) is 4.98 Å². The van der Waals surface area contributed by atoms with Crippen molar-refractivity contribution < 1.29 is 36.0 Å². The molecule has 0 unspecified atom stereocenters. The minimum atomic E-state index is -0.502. The number of benzene rings is 2. The Hall–Kier alpha value is -2.59. The van der Waals surface area contributed by atoms with E-state index < -0.39 is 4.92 Å². The molecule has 0 aliphatic rings. The maximum Gasteiger partial charge on any atom is 0.288 e. The number of non-ortho nitro benzene ring substituents is 1. The number of nitro benzene ring substituents is 1. The first-order valence-electron chi connectivity index (χ1n) is 8.10. The maximum atomic E-state index is 13.0. The molecular formula is C19H12BrClFN3O3S. The number of quaternary nitrogens is 1. The molecule has 4 aromatic rings. The molecule has 10 heteroatoms. The van der Waals surface area contributed by atoms with Crippen LogP contribution in [0, 0.1) is 15.9 Å². The van der Waals surface area contributed by atoms with Gasteiger partial charge in [-0.25, -0.2) is 4.39 Å². The van der Waals surface area contributed by atoms with E-state index in [1.165, 1.54) is 35.6 Å². The summed E-state index contributed by atoms with van der Waals surface area (Å²) in [4.78, 5) is 14.9. The lowest BCUT2D eigenvalue weighted by atomic mass is 10.1. The largest absolute Gasteiger partial charge is 1.00 e. The van der Waals surface area contributed by atoms with E-state index in [2.05, 4.69) is 4.98 Å². The van der Waals surface area contributed by atoms with Crippen molar-refractivity contribution in [1.29, 1.82) is 0 Å². The van der Waals surface area contributed by atoms with Gasteiger partial charge in [-0.1, -0.05) is 22.9 Å². The van der Waals surface area contributed by atoms with Gasteiger partial charge in [0.05, 0.1) is 9.95 Å². The van der Waals surface area contributed by atoms with Crippen LogP contribution < -0.4 is 22.3 Å². The number of thiazole rings is 1. The quantitative estimate of drug-likeness (QED) is 0.261. The van der Waals surface area contributed by atoms with Gasteiger partial charge in [0.15, 0.2) is 5.76 Å². The summed E-state index contributed by atoms with van der Waals surface area (Å²) < 4.78 is 18.8. The molecule has 29 heavy (non-hydrogen) atoms. The third-order valence-electron chi connectivity index (χ3n) is 3.97. The molecule has 0 bridgehead atoms. The number of aromatic nitrogens is 1. The Morgan fingerprint density at radius 2 is 1.83 bits per heavy atom. The molecule has 4 rings (SSSR count). The van der Waals surface area contributed by atoms with Crippen LogP contribution in [0.2, 0.25) is 5.02 Å². The minimum Gasteiger partial charge on any atom is -1.00 e. The summed E-state index contributed by atoms with van der Waals surface area (Å²) in [6.45, 7) is 0. The molecule has 2 N–H and O–H groups in total. The van der Waals surface area contributed by atoms with E-state index in [1.54, 1.807) is 30.3 Å². The highest BCUT2D eigenvalue weighted by Crippen LogP contribution is 2.35. The topological polar surface area (TPSA) is 85.8 Å². The first kappa shape index (κ1) is 21.1. The van der Waals surface area contributed by atoms with E-state index in [0.717, 1.165) is 10.8 Å². The Bertz CT molecular complexity index is 1160. The predicted molar refractivity (Wildman–Crippen MR) is 105 cm³/mol. The Kier molecular flexibility index (Phi) is 6.43. The molecule has 0 radical (unpaired) electrons. The van der Waals surface area contributed by atoms with Gasteiger partial charge in [0, 0.05) is 35.2 Å². The van der Waals surface area contributed by atoms with Gasteiger partial charge in [-0.15, -0.1) is 0 Å². The normalized spacial score (nSPS) is 10.6. The van der Waals surface area contributed by atoms with Gasteiger partial charge < -0.3 is 21.4 Å². The van der Waals surface area contributed by atoms with Gasteiger partial charge in [-0.3, -0.25) is 15.4 Å². The van der Waals surface area contributed by atoms with Crippen molar-refractivity contribution in [2.24, 2.45) is 0 Å². The molecule has 0 spiro atoms. The van der Waals surface area contributed by atoms with Crippen LogP contribution >= 0.6 is 22.9 Å². The highest BCUT2D eigenvalue weighted by Gasteiger charge is 2.16. The number of hydrogen-bond acceptors (Lipinski definition) is 5. The number of nitrogens with two attached hydrogens (primary N) is 1. The summed E-state index contributed by atoms with van der Waals surface area (Å²) in [5, 5.41) is 15.5. The van der Waals surface area contributed by atoms with Crippen molar-refractivity contribution in [3.8, 4) is 22.8 Å². The summed E-state index contributed by atoms with van der Waals surface area (Å²) in [5.74, 6) is 0.761. The first-order chi connectivity index (χ1) is 13.5. The van der Waals surface area contributed by atoms with Crippen LogP contribution in [-0.4, -0.2) is 9.91 Å². The van der Waals surface area contributed by atoms with Crippen LogP contribution in [-0.2, 0) is 0 Å². The molecule has 0 saturated carbocycles. The smallest absolute Gasteiger partial charge is 0.288 e. The number of rotatable bonds is 5. The van der Waals surface area contributed by atoms with Gasteiger partial charge in [0.2, 0.25) is 0 Å². The lowest BCUT2D eigenvalue weighted by Gasteiger charge is -2.00. The van der Waals surface area contributed by atoms with Crippen LogP contribution in [0.4, 0.5) is 20.9 Å². The second-order valence-electron chi connectivity index (χ2n) is 5.85. The Morgan fingerprint density at radius 1 is 1.10 bits per heavy atom. The minimum absolute atomic E-state index is 0. The van der Waals surface area contributed by atoms with Crippen molar-refractivity contribution in [2.45, 2.75) is 0 Å². The number of halogens is 3. The summed E-state index contributed by atoms with van der Waals surface area (Å²) in [6, 6.07) is 13.9. The average molecular weight is 497 g/mol. The summed E-state index contributed by atoms with van der Waals surface area (Å²) in [5.41, 5.74) is 1.98. The molecule has 2 aromatic heterocycles. The third-order valence-corrected chi connectivity index (χ3v) is 5.07. The number of hydrogen-bond donors (Lipinski definition) is 1. The maximum absolute atomic E-state index is 13.0. The van der Waals surface area contributed by atoms with Crippen LogP contribution in [0.15, 0.2) is 64.4 Å². The van der Waals surface area contributed by atoms with Crippen molar-refractivity contribution in [3.63, 3.8) is 0 Å². The van der Waals surface area contributed by atoms with Crippen molar-refractivity contribution in [2.75, 3.05) is 0 Å². The van der Waals surface area contributed by atoms with E-state index in [1.807, 2.05) is 10.7 Å². The molecule has 2 heterocycles. The molecular weight excluding hydrogens is 485 g/mol. The highest BCUT2D eigenvalue weighted by atomic mass is 79.9. The van der Waals surface area contributed by atoms with Gasteiger partial charge in [-0.05, 0) is 30.3 Å².